The molecule has 2 aromatic heterocycles. The number of H-pyrrole nitrogens is 1. The van der Waals surface area contributed by atoms with E-state index in [4.69, 9.17) is 12.2 Å². The van der Waals surface area contributed by atoms with Gasteiger partial charge in [0, 0.05) is 21.5 Å². The first-order chi connectivity index (χ1) is 9.27. The SMILES string of the molecule is S=c1[nH]nc(-c2cccnc2)n1-c1ccccc1I. The minimum Gasteiger partial charge on any atom is -0.267 e. The van der Waals surface area contributed by atoms with Crippen LogP contribution in [0, 0.1) is 8.34 Å². The van der Waals surface area contributed by atoms with Crippen LogP contribution in [0.15, 0.2) is 48.8 Å². The summed E-state index contributed by atoms with van der Waals surface area (Å²) >= 11 is 7.63. The molecule has 0 unspecified atom stereocenters. The van der Waals surface area contributed by atoms with E-state index in [1.54, 1.807) is 12.4 Å². The third-order valence-electron chi connectivity index (χ3n) is 2.69. The molecule has 19 heavy (non-hydrogen) atoms. The number of hydrogen-bond donors (Lipinski definition) is 1. The minimum atomic E-state index is 0.572. The van der Waals surface area contributed by atoms with Crippen molar-refractivity contribution in [1.82, 2.24) is 19.7 Å². The fourth-order valence-electron chi connectivity index (χ4n) is 1.84. The molecule has 0 saturated heterocycles. The van der Waals surface area contributed by atoms with Gasteiger partial charge in [-0.3, -0.25) is 14.6 Å². The zero-order valence-electron chi connectivity index (χ0n) is 9.75. The average molecular weight is 380 g/mol. The molecule has 94 valence electrons. The number of pyridine rings is 1. The van der Waals surface area contributed by atoms with Crippen molar-refractivity contribution in [2.75, 3.05) is 0 Å². The molecule has 6 heteroatoms. The molecular formula is C13H9IN4S. The van der Waals surface area contributed by atoms with Crippen molar-refractivity contribution in [3.63, 3.8) is 0 Å². The first-order valence-electron chi connectivity index (χ1n) is 5.60. The summed E-state index contributed by atoms with van der Waals surface area (Å²) in [6.45, 7) is 0. The summed E-state index contributed by atoms with van der Waals surface area (Å²) in [5, 5.41) is 7.15. The average Bonchev–Trinajstić information content (AvgIpc) is 2.82. The molecule has 4 nitrogen and oxygen atoms in total. The van der Waals surface area contributed by atoms with Crippen molar-refractivity contribution in [3.8, 4) is 17.1 Å². The van der Waals surface area contributed by atoms with Crippen LogP contribution in [0.2, 0.25) is 0 Å². The predicted octanol–water partition coefficient (Wildman–Crippen LogP) is 3.60. The number of para-hydroxylation sites is 1. The van der Waals surface area contributed by atoms with Crippen LogP contribution in [0.25, 0.3) is 17.1 Å². The highest BCUT2D eigenvalue weighted by Crippen LogP contribution is 2.23. The number of aromatic amines is 1. The van der Waals surface area contributed by atoms with Gasteiger partial charge in [-0.05, 0) is 59.1 Å². The normalized spacial score (nSPS) is 10.6. The summed E-state index contributed by atoms with van der Waals surface area (Å²) in [5.74, 6) is 0.766. The lowest BCUT2D eigenvalue weighted by molar-refractivity contribution is 1.03. The van der Waals surface area contributed by atoms with Crippen LogP contribution < -0.4 is 0 Å². The van der Waals surface area contributed by atoms with Crippen LogP contribution in [0.3, 0.4) is 0 Å². The summed E-state index contributed by atoms with van der Waals surface area (Å²) in [6, 6.07) is 11.9. The largest absolute Gasteiger partial charge is 0.267 e. The lowest BCUT2D eigenvalue weighted by Crippen LogP contribution is -2.00. The van der Waals surface area contributed by atoms with E-state index >= 15 is 0 Å². The molecule has 0 aliphatic rings. The second kappa shape index (κ2) is 5.22. The minimum absolute atomic E-state index is 0.572. The van der Waals surface area contributed by atoms with Crippen molar-refractivity contribution in [3.05, 3.63) is 57.1 Å². The first-order valence-corrected chi connectivity index (χ1v) is 7.09. The molecule has 0 bridgehead atoms. The maximum absolute atomic E-state index is 5.34. The van der Waals surface area contributed by atoms with E-state index in [0.29, 0.717) is 4.77 Å². The molecule has 0 saturated carbocycles. The number of rotatable bonds is 2. The summed E-state index contributed by atoms with van der Waals surface area (Å²) in [7, 11) is 0. The van der Waals surface area contributed by atoms with Gasteiger partial charge in [-0.25, -0.2) is 0 Å². The van der Waals surface area contributed by atoms with Gasteiger partial charge in [0.2, 0.25) is 0 Å². The number of aromatic nitrogens is 4. The Balaban J connectivity index is 2.26. The standard InChI is InChI=1S/C13H9IN4S/c14-10-5-1-2-6-11(10)18-12(16-17-13(18)19)9-4-3-7-15-8-9/h1-8H,(H,17,19). The van der Waals surface area contributed by atoms with E-state index in [0.717, 1.165) is 20.6 Å². The molecule has 2 heterocycles. The second-order valence-corrected chi connectivity index (χ2v) is 5.43. The first kappa shape index (κ1) is 12.5. The van der Waals surface area contributed by atoms with Crippen LogP contribution in [-0.2, 0) is 0 Å². The Morgan fingerprint density at radius 3 is 2.74 bits per heavy atom. The smallest absolute Gasteiger partial charge is 0.200 e. The monoisotopic (exact) mass is 380 g/mol. The molecule has 0 spiro atoms. The maximum atomic E-state index is 5.34. The fourth-order valence-corrected chi connectivity index (χ4v) is 2.70. The van der Waals surface area contributed by atoms with Gasteiger partial charge in [0.15, 0.2) is 10.6 Å². The van der Waals surface area contributed by atoms with E-state index in [1.165, 1.54) is 0 Å². The third-order valence-corrected chi connectivity index (χ3v) is 3.87. The highest BCUT2D eigenvalue weighted by Gasteiger charge is 2.12. The molecule has 0 fully saturated rings. The Hall–Kier alpha value is -1.54. The fraction of sp³-hybridized carbons (Fsp3) is 0. The summed E-state index contributed by atoms with van der Waals surface area (Å²) < 4.78 is 3.61. The van der Waals surface area contributed by atoms with Gasteiger partial charge in [-0.1, -0.05) is 12.1 Å². The van der Waals surface area contributed by atoms with E-state index in [1.807, 2.05) is 41.0 Å². The maximum Gasteiger partial charge on any atom is 0.200 e. The zero-order valence-corrected chi connectivity index (χ0v) is 12.7. The summed E-state index contributed by atoms with van der Waals surface area (Å²) in [5.41, 5.74) is 1.94. The Morgan fingerprint density at radius 2 is 2.00 bits per heavy atom. The topological polar surface area (TPSA) is 46.5 Å². The molecule has 3 aromatic rings. The van der Waals surface area contributed by atoms with Crippen molar-refractivity contribution in [2.24, 2.45) is 0 Å². The van der Waals surface area contributed by atoms with Gasteiger partial charge in [-0.15, -0.1) is 0 Å². The molecule has 1 aromatic carbocycles. The van der Waals surface area contributed by atoms with E-state index in [9.17, 15) is 0 Å². The Labute approximate surface area is 128 Å². The summed E-state index contributed by atoms with van der Waals surface area (Å²) in [4.78, 5) is 4.12. The van der Waals surface area contributed by atoms with Crippen molar-refractivity contribution >= 4 is 34.8 Å². The molecule has 0 aliphatic heterocycles. The second-order valence-electron chi connectivity index (χ2n) is 3.88. The van der Waals surface area contributed by atoms with E-state index in [2.05, 4.69) is 37.8 Å². The van der Waals surface area contributed by atoms with Crippen LogP contribution in [0.5, 0.6) is 0 Å². The number of benzene rings is 1. The van der Waals surface area contributed by atoms with Gasteiger partial charge in [0.1, 0.15) is 0 Å². The lowest BCUT2D eigenvalue weighted by Gasteiger charge is -2.08. The molecular weight excluding hydrogens is 371 g/mol. The highest BCUT2D eigenvalue weighted by molar-refractivity contribution is 14.1. The Kier molecular flexibility index (Phi) is 3.43. The lowest BCUT2D eigenvalue weighted by atomic mass is 10.2. The molecule has 0 aliphatic carbocycles. The van der Waals surface area contributed by atoms with Crippen LogP contribution >= 0.6 is 34.8 Å². The molecule has 1 N–H and O–H groups in total. The number of halogens is 1. The molecule has 0 amide bonds. The van der Waals surface area contributed by atoms with Crippen LogP contribution in [0.1, 0.15) is 0 Å². The number of hydrogen-bond acceptors (Lipinski definition) is 3. The predicted molar refractivity (Wildman–Crippen MR) is 84.7 cm³/mol. The van der Waals surface area contributed by atoms with Gasteiger partial charge in [-0.2, -0.15) is 5.10 Å². The number of nitrogens with zero attached hydrogens (tertiary/aromatic N) is 3. The Morgan fingerprint density at radius 1 is 1.16 bits per heavy atom. The number of nitrogens with one attached hydrogen (secondary N) is 1. The van der Waals surface area contributed by atoms with Crippen molar-refractivity contribution in [1.29, 1.82) is 0 Å². The van der Waals surface area contributed by atoms with Gasteiger partial charge >= 0.3 is 0 Å². The quantitative estimate of drug-likeness (QED) is 0.546. The Bertz CT molecular complexity index is 764. The molecule has 0 radical (unpaired) electrons. The van der Waals surface area contributed by atoms with E-state index < -0.39 is 0 Å². The van der Waals surface area contributed by atoms with Crippen molar-refractivity contribution < 1.29 is 0 Å². The molecule has 3 rings (SSSR count). The zero-order chi connectivity index (χ0) is 13.2. The van der Waals surface area contributed by atoms with Gasteiger partial charge < -0.3 is 0 Å². The van der Waals surface area contributed by atoms with Crippen LogP contribution in [-0.4, -0.2) is 19.7 Å². The third kappa shape index (κ3) is 2.33. The highest BCUT2D eigenvalue weighted by atomic mass is 127. The van der Waals surface area contributed by atoms with Crippen LogP contribution in [0.4, 0.5) is 0 Å². The van der Waals surface area contributed by atoms with Gasteiger partial charge in [0.05, 0.1) is 5.69 Å². The molecule has 0 atom stereocenters. The summed E-state index contributed by atoms with van der Waals surface area (Å²) in [6.07, 6.45) is 3.51. The van der Waals surface area contributed by atoms with E-state index in [-0.39, 0.29) is 0 Å². The van der Waals surface area contributed by atoms with Crippen molar-refractivity contribution in [2.45, 2.75) is 0 Å². The van der Waals surface area contributed by atoms with Gasteiger partial charge in [0.25, 0.3) is 0 Å².